The monoisotopic (exact) mass is 698 g/mol. The third kappa shape index (κ3) is 4.43. The van der Waals surface area contributed by atoms with Crippen molar-refractivity contribution in [2.45, 2.75) is 0 Å². The van der Waals surface area contributed by atoms with Gasteiger partial charge in [0, 0.05) is 21.9 Å². The molecular weight excluding hydrogens is 669 g/mol. The van der Waals surface area contributed by atoms with Crippen LogP contribution in [-0.4, -0.2) is 19.5 Å². The molecule has 12 aromatic rings. The third-order valence-electron chi connectivity index (χ3n) is 11.4. The van der Waals surface area contributed by atoms with Crippen LogP contribution >= 0.6 is 0 Å². The Morgan fingerprint density at radius 1 is 0.309 bits per heavy atom. The minimum atomic E-state index is 0.587. The summed E-state index contributed by atoms with van der Waals surface area (Å²) in [5.41, 5.74) is 4.02. The maximum atomic E-state index is 5.39. The van der Waals surface area contributed by atoms with Gasteiger partial charge >= 0.3 is 0 Å². The Bertz CT molecular complexity index is 3470. The lowest BCUT2D eigenvalue weighted by atomic mass is 9.93. The van der Waals surface area contributed by atoms with E-state index < -0.39 is 0 Å². The first-order valence-corrected chi connectivity index (χ1v) is 18.7. The molecule has 0 saturated carbocycles. The van der Waals surface area contributed by atoms with Gasteiger partial charge in [-0.15, -0.1) is 0 Å². The molecule has 0 fully saturated rings. The van der Waals surface area contributed by atoms with E-state index in [1.54, 1.807) is 0 Å². The molecule has 0 aliphatic heterocycles. The zero-order valence-electron chi connectivity index (χ0n) is 29.6. The fraction of sp³-hybridized carbons (Fsp3) is 0. The second kappa shape index (κ2) is 11.5. The Hall–Kier alpha value is -7.43. The van der Waals surface area contributed by atoms with E-state index in [4.69, 9.17) is 15.0 Å². The van der Waals surface area contributed by atoms with E-state index >= 15 is 0 Å². The number of aromatic nitrogens is 4. The van der Waals surface area contributed by atoms with Gasteiger partial charge in [0.2, 0.25) is 5.95 Å². The Morgan fingerprint density at radius 3 is 1.47 bits per heavy atom. The summed E-state index contributed by atoms with van der Waals surface area (Å²) in [6.45, 7) is 0. The highest BCUT2D eigenvalue weighted by Crippen LogP contribution is 2.40. The summed E-state index contributed by atoms with van der Waals surface area (Å²) in [6, 6.07) is 65.1. The Morgan fingerprint density at radius 2 is 0.800 bits per heavy atom. The van der Waals surface area contributed by atoms with Crippen LogP contribution < -0.4 is 0 Å². The van der Waals surface area contributed by atoms with Crippen LogP contribution in [0.15, 0.2) is 182 Å². The summed E-state index contributed by atoms with van der Waals surface area (Å²) in [5.74, 6) is 1.85. The lowest BCUT2D eigenvalue weighted by molar-refractivity contribution is 0.955. The average Bonchev–Trinajstić information content (AvgIpc) is 3.60. The summed E-state index contributed by atoms with van der Waals surface area (Å²) < 4.78 is 2.19. The molecule has 0 unspecified atom stereocenters. The standard InChI is InChI=1S/C51H30N4/c1-2-14-34-31(13-1)25-26-32-29-45(39-19-7-8-22-43(39)48(32)34)50-52-49(53-51(54-50)55-46-23-11-9-20-41(46)42-21-10-12-24-47(42)55)33-27-28-40-37-17-4-3-15-35(37)36-16-5-6-18-38(36)44(40)30-33/h1-30H. The van der Waals surface area contributed by atoms with Crippen molar-refractivity contribution < 1.29 is 0 Å². The molecule has 0 N–H and O–H groups in total. The van der Waals surface area contributed by atoms with Gasteiger partial charge in [-0.1, -0.05) is 158 Å². The molecule has 0 bridgehead atoms. The minimum absolute atomic E-state index is 0.587. The summed E-state index contributed by atoms with van der Waals surface area (Å²) in [4.78, 5) is 16.1. The van der Waals surface area contributed by atoms with Crippen molar-refractivity contribution in [1.29, 1.82) is 0 Å². The van der Waals surface area contributed by atoms with E-state index in [2.05, 4.69) is 187 Å². The van der Waals surface area contributed by atoms with Crippen molar-refractivity contribution in [2.24, 2.45) is 0 Å². The summed E-state index contributed by atoms with van der Waals surface area (Å²) >= 11 is 0. The topological polar surface area (TPSA) is 43.6 Å². The number of fused-ring (bicyclic) bond motifs is 14. The quantitative estimate of drug-likeness (QED) is 0.173. The van der Waals surface area contributed by atoms with E-state index in [1.165, 1.54) is 53.9 Å². The summed E-state index contributed by atoms with van der Waals surface area (Å²) in [6.07, 6.45) is 0. The number of hydrogen-bond acceptors (Lipinski definition) is 3. The van der Waals surface area contributed by atoms with E-state index in [-0.39, 0.29) is 0 Å². The molecule has 2 aromatic heterocycles. The Labute approximate surface area is 315 Å². The number of rotatable bonds is 3. The Balaban J connectivity index is 1.19. The van der Waals surface area contributed by atoms with Crippen molar-refractivity contribution in [3.05, 3.63) is 182 Å². The van der Waals surface area contributed by atoms with Gasteiger partial charge in [-0.3, -0.25) is 4.57 Å². The second-order valence-electron chi connectivity index (χ2n) is 14.4. The molecule has 10 aromatic carbocycles. The molecule has 4 nitrogen and oxygen atoms in total. The number of benzene rings is 10. The van der Waals surface area contributed by atoms with Crippen molar-refractivity contribution in [2.75, 3.05) is 0 Å². The normalized spacial score (nSPS) is 12.0. The summed E-state index contributed by atoms with van der Waals surface area (Å²) in [7, 11) is 0. The third-order valence-corrected chi connectivity index (χ3v) is 11.4. The van der Waals surface area contributed by atoms with Gasteiger partial charge in [-0.2, -0.15) is 9.97 Å². The number of para-hydroxylation sites is 2. The maximum absolute atomic E-state index is 5.39. The first-order valence-electron chi connectivity index (χ1n) is 18.7. The predicted molar refractivity (Wildman–Crippen MR) is 230 cm³/mol. The van der Waals surface area contributed by atoms with Crippen molar-refractivity contribution >= 4 is 86.4 Å². The SMILES string of the molecule is c1ccc2c(c1)ccc1cc(-c3nc(-c4ccc5c6ccccc6c6ccccc6c5c4)nc(-n4c5ccccc5c5ccccc54)n3)c3ccccc3c12. The smallest absolute Gasteiger partial charge is 0.238 e. The summed E-state index contributed by atoms with van der Waals surface area (Å²) in [5, 5.41) is 16.8. The molecule has 0 atom stereocenters. The van der Waals surface area contributed by atoms with Crippen LogP contribution in [-0.2, 0) is 0 Å². The van der Waals surface area contributed by atoms with Crippen LogP contribution in [0, 0.1) is 0 Å². The van der Waals surface area contributed by atoms with E-state index in [1.807, 2.05) is 0 Å². The first-order chi connectivity index (χ1) is 27.3. The molecule has 55 heavy (non-hydrogen) atoms. The van der Waals surface area contributed by atoms with Gasteiger partial charge in [0.05, 0.1) is 11.0 Å². The van der Waals surface area contributed by atoms with Crippen molar-refractivity contribution in [3.63, 3.8) is 0 Å². The maximum Gasteiger partial charge on any atom is 0.238 e. The molecule has 2 heterocycles. The van der Waals surface area contributed by atoms with Gasteiger partial charge in [0.15, 0.2) is 11.6 Å². The minimum Gasteiger partial charge on any atom is -0.278 e. The van der Waals surface area contributed by atoms with Crippen LogP contribution in [0.5, 0.6) is 0 Å². The molecule has 0 saturated heterocycles. The fourth-order valence-corrected chi connectivity index (χ4v) is 8.96. The van der Waals surface area contributed by atoms with Gasteiger partial charge in [0.1, 0.15) is 0 Å². The van der Waals surface area contributed by atoms with Crippen molar-refractivity contribution in [3.8, 4) is 28.7 Å². The van der Waals surface area contributed by atoms with E-state index in [0.29, 0.717) is 17.6 Å². The van der Waals surface area contributed by atoms with Crippen LogP contribution in [0.4, 0.5) is 0 Å². The molecule has 0 aliphatic carbocycles. The highest BCUT2D eigenvalue weighted by Gasteiger charge is 2.20. The lowest BCUT2D eigenvalue weighted by Gasteiger charge is -2.15. The predicted octanol–water partition coefficient (Wildman–Crippen LogP) is 13.2. The number of nitrogens with zero attached hydrogens (tertiary/aromatic N) is 4. The first kappa shape index (κ1) is 30.1. The zero-order valence-corrected chi connectivity index (χ0v) is 29.6. The fourth-order valence-electron chi connectivity index (χ4n) is 8.96. The van der Waals surface area contributed by atoms with E-state index in [0.717, 1.165) is 43.7 Å². The number of hydrogen-bond donors (Lipinski definition) is 0. The van der Waals surface area contributed by atoms with Gasteiger partial charge in [-0.25, -0.2) is 4.98 Å². The van der Waals surface area contributed by atoms with E-state index in [9.17, 15) is 0 Å². The molecule has 0 spiro atoms. The van der Waals surface area contributed by atoms with Gasteiger partial charge in [0.25, 0.3) is 0 Å². The average molecular weight is 699 g/mol. The molecule has 0 aliphatic rings. The lowest BCUT2D eigenvalue weighted by Crippen LogP contribution is -2.06. The van der Waals surface area contributed by atoms with Crippen LogP contribution in [0.1, 0.15) is 0 Å². The largest absolute Gasteiger partial charge is 0.278 e. The zero-order chi connectivity index (χ0) is 36.0. The Kier molecular flexibility index (Phi) is 6.31. The van der Waals surface area contributed by atoms with Crippen molar-refractivity contribution in [1.82, 2.24) is 19.5 Å². The highest BCUT2D eigenvalue weighted by atomic mass is 15.2. The molecule has 254 valence electrons. The molecule has 12 rings (SSSR count). The highest BCUT2D eigenvalue weighted by molar-refractivity contribution is 6.26. The van der Waals surface area contributed by atoms with Crippen LogP contribution in [0.3, 0.4) is 0 Å². The van der Waals surface area contributed by atoms with Crippen LogP contribution in [0.25, 0.3) is 115 Å². The molecular formula is C51H30N4. The molecule has 0 amide bonds. The molecule has 4 heteroatoms. The van der Waals surface area contributed by atoms with Gasteiger partial charge < -0.3 is 0 Å². The van der Waals surface area contributed by atoms with Gasteiger partial charge in [-0.05, 0) is 88.9 Å². The second-order valence-corrected chi connectivity index (χ2v) is 14.4. The van der Waals surface area contributed by atoms with Crippen LogP contribution in [0.2, 0.25) is 0 Å². The molecule has 0 radical (unpaired) electrons.